The summed E-state index contributed by atoms with van der Waals surface area (Å²) >= 11 is 5.91. The molecule has 1 fully saturated rings. The molecule has 0 aliphatic carbocycles. The maximum absolute atomic E-state index is 12.2. The summed E-state index contributed by atoms with van der Waals surface area (Å²) < 4.78 is 0. The normalized spacial score (nSPS) is 17.2. The van der Waals surface area contributed by atoms with Crippen molar-refractivity contribution < 1.29 is 4.79 Å². The minimum atomic E-state index is -0.0493. The second-order valence-electron chi connectivity index (χ2n) is 5.96. The maximum Gasteiger partial charge on any atom is 0.224 e. The molecule has 1 aromatic carbocycles. The monoisotopic (exact) mass is 309 g/mol. The minimum Gasteiger partial charge on any atom is -0.368 e. The van der Waals surface area contributed by atoms with Crippen LogP contribution in [0, 0.1) is 5.92 Å². The summed E-state index contributed by atoms with van der Waals surface area (Å²) in [5.74, 6) is 0.510. The van der Waals surface area contributed by atoms with E-state index >= 15 is 0 Å². The van der Waals surface area contributed by atoms with Gasteiger partial charge in [0.05, 0.1) is 0 Å². The van der Waals surface area contributed by atoms with Crippen LogP contribution in [0.3, 0.4) is 0 Å². The Kier molecular flexibility index (Phi) is 5.48. The zero-order valence-corrected chi connectivity index (χ0v) is 13.5. The van der Waals surface area contributed by atoms with E-state index in [1.54, 1.807) is 0 Å². The highest BCUT2D eigenvalue weighted by Gasteiger charge is 2.23. The van der Waals surface area contributed by atoms with E-state index in [0.29, 0.717) is 12.3 Å². The molecule has 1 aliphatic heterocycles. The van der Waals surface area contributed by atoms with Gasteiger partial charge in [-0.3, -0.25) is 4.79 Å². The average Bonchev–Trinajstić information content (AvgIpc) is 2.48. The minimum absolute atomic E-state index is 0.0493. The van der Waals surface area contributed by atoms with Crippen molar-refractivity contribution in [2.45, 2.75) is 26.3 Å². The van der Waals surface area contributed by atoms with Gasteiger partial charge in [-0.2, -0.15) is 0 Å². The Labute approximate surface area is 131 Å². The summed E-state index contributed by atoms with van der Waals surface area (Å²) in [4.78, 5) is 16.4. The summed E-state index contributed by atoms with van der Waals surface area (Å²) in [6.07, 6.45) is 0.443. The molecule has 116 valence electrons. The highest BCUT2D eigenvalue weighted by Crippen LogP contribution is 2.19. The van der Waals surface area contributed by atoms with Gasteiger partial charge in [-0.15, -0.1) is 0 Å². The fraction of sp³-hybridized carbons (Fsp3) is 0.562. The van der Waals surface area contributed by atoms with E-state index in [1.165, 1.54) is 0 Å². The maximum atomic E-state index is 12.2. The zero-order chi connectivity index (χ0) is 15.4. The highest BCUT2D eigenvalue weighted by atomic mass is 35.5. The molecule has 4 nitrogen and oxygen atoms in total. The molecule has 1 atom stereocenters. The van der Waals surface area contributed by atoms with Gasteiger partial charge < -0.3 is 15.5 Å². The number of amides is 1. The number of rotatable bonds is 4. The van der Waals surface area contributed by atoms with Gasteiger partial charge in [-0.25, -0.2) is 0 Å². The van der Waals surface area contributed by atoms with Crippen molar-refractivity contribution in [3.05, 3.63) is 29.3 Å². The lowest BCUT2D eigenvalue weighted by molar-refractivity contribution is -0.132. The fourth-order valence-electron chi connectivity index (χ4n) is 2.43. The van der Waals surface area contributed by atoms with Gasteiger partial charge in [0.1, 0.15) is 0 Å². The Balaban J connectivity index is 1.85. The largest absolute Gasteiger partial charge is 0.368 e. The molecular formula is C16H24ClN3O. The third-order valence-corrected chi connectivity index (χ3v) is 4.34. The Morgan fingerprint density at radius 3 is 2.29 bits per heavy atom. The first-order valence-electron chi connectivity index (χ1n) is 7.51. The lowest BCUT2D eigenvalue weighted by atomic mass is 10.0. The standard InChI is InChI=1S/C16H24ClN3O/c1-12(2)15(18)11-16(21)20-9-7-19(8-10-20)14-5-3-13(17)4-6-14/h3-6,12,15H,7-11,18H2,1-2H3. The molecule has 5 heteroatoms. The fourth-order valence-corrected chi connectivity index (χ4v) is 2.56. The Morgan fingerprint density at radius 1 is 1.19 bits per heavy atom. The molecule has 1 aliphatic rings. The molecule has 1 saturated heterocycles. The third kappa shape index (κ3) is 4.35. The number of halogens is 1. The van der Waals surface area contributed by atoms with Crippen molar-refractivity contribution >= 4 is 23.2 Å². The number of carbonyl (C=O) groups excluding carboxylic acids is 1. The molecule has 0 radical (unpaired) electrons. The van der Waals surface area contributed by atoms with Crippen LogP contribution in [-0.4, -0.2) is 43.0 Å². The van der Waals surface area contributed by atoms with Crippen LogP contribution >= 0.6 is 11.6 Å². The van der Waals surface area contributed by atoms with E-state index in [4.69, 9.17) is 17.3 Å². The first kappa shape index (κ1) is 16.1. The highest BCUT2D eigenvalue weighted by molar-refractivity contribution is 6.30. The number of anilines is 1. The lowest BCUT2D eigenvalue weighted by Gasteiger charge is -2.36. The van der Waals surface area contributed by atoms with Crippen molar-refractivity contribution in [3.8, 4) is 0 Å². The number of benzene rings is 1. The van der Waals surface area contributed by atoms with E-state index < -0.39 is 0 Å². The molecule has 0 saturated carbocycles. The second-order valence-corrected chi connectivity index (χ2v) is 6.39. The van der Waals surface area contributed by atoms with Gasteiger partial charge in [0, 0.05) is 49.4 Å². The van der Waals surface area contributed by atoms with Crippen molar-refractivity contribution in [2.75, 3.05) is 31.1 Å². The van der Waals surface area contributed by atoms with Crippen LogP contribution in [0.2, 0.25) is 5.02 Å². The van der Waals surface area contributed by atoms with Crippen LogP contribution in [-0.2, 0) is 4.79 Å². The van der Waals surface area contributed by atoms with Gasteiger partial charge in [0.2, 0.25) is 5.91 Å². The number of nitrogens with zero attached hydrogens (tertiary/aromatic N) is 2. The van der Waals surface area contributed by atoms with Gasteiger partial charge in [-0.1, -0.05) is 25.4 Å². The smallest absolute Gasteiger partial charge is 0.224 e. The summed E-state index contributed by atoms with van der Waals surface area (Å²) in [6.45, 7) is 7.32. The summed E-state index contributed by atoms with van der Waals surface area (Å²) in [6, 6.07) is 7.79. The summed E-state index contributed by atoms with van der Waals surface area (Å²) in [7, 11) is 0. The zero-order valence-electron chi connectivity index (χ0n) is 12.8. The van der Waals surface area contributed by atoms with Crippen LogP contribution in [0.5, 0.6) is 0 Å². The van der Waals surface area contributed by atoms with E-state index in [1.807, 2.05) is 29.2 Å². The summed E-state index contributed by atoms with van der Waals surface area (Å²) in [5, 5.41) is 0.746. The SMILES string of the molecule is CC(C)C(N)CC(=O)N1CCN(c2ccc(Cl)cc2)CC1. The molecule has 0 spiro atoms. The van der Waals surface area contributed by atoms with E-state index in [2.05, 4.69) is 18.7 Å². The second kappa shape index (κ2) is 7.14. The molecule has 2 rings (SSSR count). The Bertz CT molecular complexity index is 467. The molecule has 1 heterocycles. The van der Waals surface area contributed by atoms with Gasteiger partial charge in [0.25, 0.3) is 0 Å². The van der Waals surface area contributed by atoms with Crippen LogP contribution in [0.1, 0.15) is 20.3 Å². The summed E-state index contributed by atoms with van der Waals surface area (Å²) in [5.41, 5.74) is 7.14. The Hall–Kier alpha value is -1.26. The van der Waals surface area contributed by atoms with Crippen molar-refractivity contribution in [1.82, 2.24) is 4.90 Å². The number of hydrogen-bond donors (Lipinski definition) is 1. The lowest BCUT2D eigenvalue weighted by Crippen LogP contribution is -2.50. The van der Waals surface area contributed by atoms with Crippen LogP contribution in [0.25, 0.3) is 0 Å². The van der Waals surface area contributed by atoms with E-state index in [0.717, 1.165) is 36.9 Å². The molecule has 21 heavy (non-hydrogen) atoms. The molecule has 0 bridgehead atoms. The predicted molar refractivity (Wildman–Crippen MR) is 87.7 cm³/mol. The number of hydrogen-bond acceptors (Lipinski definition) is 3. The molecular weight excluding hydrogens is 286 g/mol. The average molecular weight is 310 g/mol. The molecule has 1 aromatic rings. The first-order valence-corrected chi connectivity index (χ1v) is 7.89. The third-order valence-electron chi connectivity index (χ3n) is 4.09. The molecule has 1 unspecified atom stereocenters. The number of piperazine rings is 1. The number of nitrogens with two attached hydrogens (primary N) is 1. The van der Waals surface area contributed by atoms with Crippen molar-refractivity contribution in [2.24, 2.45) is 11.7 Å². The van der Waals surface area contributed by atoms with Crippen molar-refractivity contribution in [3.63, 3.8) is 0 Å². The van der Waals surface area contributed by atoms with Crippen LogP contribution < -0.4 is 10.6 Å². The first-order chi connectivity index (χ1) is 9.97. The van der Waals surface area contributed by atoms with Crippen molar-refractivity contribution in [1.29, 1.82) is 0 Å². The van der Waals surface area contributed by atoms with E-state index in [9.17, 15) is 4.79 Å². The van der Waals surface area contributed by atoms with Crippen LogP contribution in [0.4, 0.5) is 5.69 Å². The topological polar surface area (TPSA) is 49.6 Å². The van der Waals surface area contributed by atoms with Gasteiger partial charge >= 0.3 is 0 Å². The quantitative estimate of drug-likeness (QED) is 0.929. The Morgan fingerprint density at radius 2 is 1.76 bits per heavy atom. The molecule has 0 aromatic heterocycles. The van der Waals surface area contributed by atoms with Crippen LogP contribution in [0.15, 0.2) is 24.3 Å². The van der Waals surface area contributed by atoms with E-state index in [-0.39, 0.29) is 11.9 Å². The molecule has 1 amide bonds. The van der Waals surface area contributed by atoms with Gasteiger partial charge in [0.15, 0.2) is 0 Å². The molecule has 2 N–H and O–H groups in total. The predicted octanol–water partition coefficient (Wildman–Crippen LogP) is 2.36. The number of carbonyl (C=O) groups is 1. The van der Waals surface area contributed by atoms with Gasteiger partial charge in [-0.05, 0) is 30.2 Å².